The molecule has 1 unspecified atom stereocenters. The normalized spacial score (nSPS) is 15.5. The van der Waals surface area contributed by atoms with E-state index in [-0.39, 0.29) is 17.9 Å². The smallest absolute Gasteiger partial charge is 0.407 e. The van der Waals surface area contributed by atoms with Gasteiger partial charge in [0.2, 0.25) is 5.91 Å². The van der Waals surface area contributed by atoms with Gasteiger partial charge in [-0.3, -0.25) is 4.79 Å². The minimum Gasteiger partial charge on any atom is -0.449 e. The predicted molar refractivity (Wildman–Crippen MR) is 116 cm³/mol. The van der Waals surface area contributed by atoms with Gasteiger partial charge in [0.1, 0.15) is 11.1 Å². The molecular formula is C21H23N3O3S2. The molecule has 0 aromatic carbocycles. The van der Waals surface area contributed by atoms with Crippen molar-refractivity contribution in [3.05, 3.63) is 44.5 Å². The second-order valence-corrected chi connectivity index (χ2v) is 8.72. The fourth-order valence-corrected chi connectivity index (χ4v) is 5.11. The molecule has 2 aromatic heterocycles. The summed E-state index contributed by atoms with van der Waals surface area (Å²) >= 11 is 3.02. The first kappa shape index (κ1) is 21.1. The van der Waals surface area contributed by atoms with Gasteiger partial charge in [0.15, 0.2) is 0 Å². The highest BCUT2D eigenvalue weighted by Gasteiger charge is 2.27. The predicted octanol–water partition coefficient (Wildman–Crippen LogP) is 4.57. The number of nitriles is 1. The van der Waals surface area contributed by atoms with Crippen LogP contribution in [-0.4, -0.2) is 25.2 Å². The van der Waals surface area contributed by atoms with E-state index in [1.165, 1.54) is 17.4 Å². The van der Waals surface area contributed by atoms with E-state index in [4.69, 9.17) is 4.74 Å². The Balaban J connectivity index is 1.61. The Morgan fingerprint density at radius 1 is 1.45 bits per heavy atom. The summed E-state index contributed by atoms with van der Waals surface area (Å²) in [6.45, 7) is 2.95. The first-order valence-corrected chi connectivity index (χ1v) is 11.3. The van der Waals surface area contributed by atoms with E-state index in [0.717, 1.165) is 41.7 Å². The highest BCUT2D eigenvalue weighted by Crippen LogP contribution is 2.39. The maximum absolute atomic E-state index is 12.3. The second kappa shape index (κ2) is 10.2. The molecule has 0 fully saturated rings. The number of thiophene rings is 2. The number of anilines is 1. The molecule has 6 nitrogen and oxygen atoms in total. The topological polar surface area (TPSA) is 91.2 Å². The van der Waals surface area contributed by atoms with Crippen molar-refractivity contribution in [1.82, 2.24) is 5.32 Å². The summed E-state index contributed by atoms with van der Waals surface area (Å²) in [6.07, 6.45) is 6.06. The van der Waals surface area contributed by atoms with Crippen molar-refractivity contribution in [2.24, 2.45) is 5.92 Å². The van der Waals surface area contributed by atoms with Crippen molar-refractivity contribution in [2.75, 3.05) is 18.5 Å². The molecule has 152 valence electrons. The third-order valence-corrected chi connectivity index (χ3v) is 6.53. The van der Waals surface area contributed by atoms with Crippen LogP contribution in [0.4, 0.5) is 9.80 Å². The number of carbonyl (C=O) groups excluding carboxylic acids is 2. The van der Waals surface area contributed by atoms with Crippen LogP contribution in [0.5, 0.6) is 0 Å². The highest BCUT2D eigenvalue weighted by atomic mass is 32.1. The van der Waals surface area contributed by atoms with Gasteiger partial charge in [-0.25, -0.2) is 4.79 Å². The zero-order valence-electron chi connectivity index (χ0n) is 16.2. The zero-order valence-corrected chi connectivity index (χ0v) is 17.8. The number of nitrogens with zero attached hydrogens (tertiary/aromatic N) is 1. The van der Waals surface area contributed by atoms with E-state index in [1.807, 2.05) is 23.8 Å². The molecule has 2 N–H and O–H groups in total. The van der Waals surface area contributed by atoms with Gasteiger partial charge in [0, 0.05) is 17.5 Å². The number of nitrogens with one attached hydrogen (secondary N) is 2. The largest absolute Gasteiger partial charge is 0.449 e. The number of rotatable bonds is 7. The first-order valence-electron chi connectivity index (χ1n) is 9.57. The van der Waals surface area contributed by atoms with Crippen molar-refractivity contribution in [1.29, 1.82) is 5.26 Å². The lowest BCUT2D eigenvalue weighted by molar-refractivity contribution is -0.111. The van der Waals surface area contributed by atoms with Crippen molar-refractivity contribution in [2.45, 2.75) is 32.6 Å². The van der Waals surface area contributed by atoms with Crippen molar-refractivity contribution in [3.63, 3.8) is 0 Å². The molecule has 0 spiro atoms. The van der Waals surface area contributed by atoms with E-state index in [0.29, 0.717) is 23.7 Å². The Labute approximate surface area is 178 Å². The monoisotopic (exact) mass is 429 g/mol. The van der Waals surface area contributed by atoms with Gasteiger partial charge in [-0.15, -0.1) is 11.3 Å². The number of hydrogen-bond acceptors (Lipinski definition) is 6. The highest BCUT2D eigenvalue weighted by molar-refractivity contribution is 7.16. The minimum absolute atomic E-state index is 0.224. The zero-order chi connectivity index (χ0) is 20.6. The molecule has 0 aliphatic heterocycles. The molecule has 2 amide bonds. The molecule has 0 radical (unpaired) electrons. The lowest BCUT2D eigenvalue weighted by Crippen LogP contribution is -2.28. The molecule has 0 saturated carbocycles. The van der Waals surface area contributed by atoms with Gasteiger partial charge in [-0.2, -0.15) is 16.6 Å². The Morgan fingerprint density at radius 2 is 2.31 bits per heavy atom. The third kappa shape index (κ3) is 5.68. The van der Waals surface area contributed by atoms with Gasteiger partial charge in [-0.1, -0.05) is 6.92 Å². The molecule has 0 bridgehead atoms. The van der Waals surface area contributed by atoms with Crippen LogP contribution in [0.1, 0.15) is 41.3 Å². The molecule has 3 rings (SSSR count). The number of fused-ring (bicyclic) bond motifs is 1. The summed E-state index contributed by atoms with van der Waals surface area (Å²) in [4.78, 5) is 25.0. The van der Waals surface area contributed by atoms with Crippen LogP contribution < -0.4 is 10.6 Å². The molecule has 8 heteroatoms. The van der Waals surface area contributed by atoms with Crippen LogP contribution in [0.15, 0.2) is 22.9 Å². The summed E-state index contributed by atoms with van der Waals surface area (Å²) in [5.41, 5.74) is 2.55. The second-order valence-electron chi connectivity index (χ2n) is 6.83. The Kier molecular flexibility index (Phi) is 7.44. The first-order chi connectivity index (χ1) is 14.1. The van der Waals surface area contributed by atoms with Crippen molar-refractivity contribution in [3.8, 4) is 6.07 Å². The number of alkyl carbamates (subject to hydrolysis) is 1. The average Bonchev–Trinajstić information content (AvgIpc) is 3.35. The van der Waals surface area contributed by atoms with Crippen molar-refractivity contribution < 1.29 is 14.3 Å². The van der Waals surface area contributed by atoms with Crippen molar-refractivity contribution >= 4 is 45.8 Å². The van der Waals surface area contributed by atoms with E-state index in [1.54, 1.807) is 17.4 Å². The fourth-order valence-electron chi connectivity index (χ4n) is 3.17. The molecule has 1 aliphatic rings. The van der Waals surface area contributed by atoms with Gasteiger partial charge in [0.25, 0.3) is 0 Å². The molecule has 1 aliphatic carbocycles. The summed E-state index contributed by atoms with van der Waals surface area (Å²) < 4.78 is 5.31. The third-order valence-electron chi connectivity index (χ3n) is 4.66. The van der Waals surface area contributed by atoms with E-state index in [2.05, 4.69) is 16.7 Å². The number of ether oxygens (including phenoxy) is 1. The summed E-state index contributed by atoms with van der Waals surface area (Å²) in [5, 5.41) is 19.6. The van der Waals surface area contributed by atoms with E-state index in [9.17, 15) is 14.9 Å². The maximum Gasteiger partial charge on any atom is 0.407 e. The molecular weight excluding hydrogens is 406 g/mol. The van der Waals surface area contributed by atoms with E-state index >= 15 is 0 Å². The summed E-state index contributed by atoms with van der Waals surface area (Å²) in [5.74, 6) is -0.0270. The molecule has 2 aromatic rings. The molecule has 29 heavy (non-hydrogen) atoms. The fraction of sp³-hybridized carbons (Fsp3) is 0.381. The Bertz CT molecular complexity index is 926. The number of hydrogen-bond donors (Lipinski definition) is 2. The lowest BCUT2D eigenvalue weighted by Gasteiger charge is -2.21. The van der Waals surface area contributed by atoms with Gasteiger partial charge in [0.05, 0.1) is 12.2 Å². The Morgan fingerprint density at radius 3 is 3.03 bits per heavy atom. The van der Waals surface area contributed by atoms with Crippen LogP contribution in [-0.2, 0) is 22.4 Å². The summed E-state index contributed by atoms with van der Waals surface area (Å²) in [6, 6.07) is 4.18. The minimum atomic E-state index is -0.382. The summed E-state index contributed by atoms with van der Waals surface area (Å²) in [7, 11) is 0. The standard InChI is InChI=1S/C21H23N3O3S2/c1-2-8-23-21(26)27-12-15-3-5-16-17(11-22)20(29-18(16)10-15)24-19(25)6-4-14-7-9-28-13-14/h4,6-7,9,13,15H,2-3,5,8,10,12H2,1H3,(H,23,26)(H,24,25)/b6-4+. The SMILES string of the molecule is CCCNC(=O)OCC1CCc2c(sc(NC(=O)/C=C/c3ccsc3)c2C#N)C1. The lowest BCUT2D eigenvalue weighted by atomic mass is 9.88. The number of amides is 2. The van der Waals surface area contributed by atoms with Crippen LogP contribution in [0.2, 0.25) is 0 Å². The van der Waals surface area contributed by atoms with Crippen LogP contribution in [0.25, 0.3) is 6.08 Å². The van der Waals surface area contributed by atoms with Gasteiger partial charge >= 0.3 is 6.09 Å². The number of carbonyl (C=O) groups is 2. The van der Waals surface area contributed by atoms with E-state index < -0.39 is 0 Å². The Hall–Kier alpha value is -2.63. The van der Waals surface area contributed by atoms with Crippen LogP contribution in [0.3, 0.4) is 0 Å². The van der Waals surface area contributed by atoms with Crippen LogP contribution >= 0.6 is 22.7 Å². The van der Waals surface area contributed by atoms with Crippen LogP contribution in [0, 0.1) is 17.2 Å². The maximum atomic E-state index is 12.3. The molecule has 0 saturated heterocycles. The molecule has 2 heterocycles. The van der Waals surface area contributed by atoms with Gasteiger partial charge < -0.3 is 15.4 Å². The van der Waals surface area contributed by atoms with Gasteiger partial charge in [-0.05, 0) is 65.6 Å². The molecule has 1 atom stereocenters. The average molecular weight is 430 g/mol. The quantitative estimate of drug-likeness (QED) is 0.631.